The maximum atomic E-state index is 13.8. The number of anilines is 1. The highest BCUT2D eigenvalue weighted by Crippen LogP contribution is 2.39. The van der Waals surface area contributed by atoms with Crippen molar-refractivity contribution < 1.29 is 23.5 Å². The first kappa shape index (κ1) is 20.5. The predicted octanol–water partition coefficient (Wildman–Crippen LogP) is 2.90. The Bertz CT molecular complexity index is 1450. The number of rotatable bonds is 3. The molecule has 2 aliphatic rings. The van der Waals surface area contributed by atoms with Crippen molar-refractivity contribution in [1.29, 1.82) is 0 Å². The van der Waals surface area contributed by atoms with Crippen LogP contribution in [0.15, 0.2) is 59.1 Å². The largest absolute Gasteiger partial charge is 0.484 e. The monoisotopic (exact) mass is 458 g/mol. The number of hydrogen-bond acceptors (Lipinski definition) is 7. The van der Waals surface area contributed by atoms with Gasteiger partial charge in [0.05, 0.1) is 17.5 Å². The maximum absolute atomic E-state index is 13.8. The minimum Gasteiger partial charge on any atom is -0.484 e. The number of ether oxygens (including phenoxy) is 2. The molecule has 2 N–H and O–H groups in total. The predicted molar refractivity (Wildman–Crippen MR) is 125 cm³/mol. The number of furan rings is 1. The van der Waals surface area contributed by atoms with Crippen molar-refractivity contribution >= 4 is 39.4 Å². The van der Waals surface area contributed by atoms with Crippen LogP contribution in [-0.4, -0.2) is 54.2 Å². The quantitative estimate of drug-likeness (QED) is 0.486. The molecular weight excluding hydrogens is 436 g/mol. The Balaban J connectivity index is 1.50. The van der Waals surface area contributed by atoms with Crippen LogP contribution in [0.4, 0.5) is 5.69 Å². The number of amides is 2. The molecule has 1 spiro atoms. The number of nitrogens with zero attached hydrogens (tertiary/aromatic N) is 2. The third kappa shape index (κ3) is 3.01. The maximum Gasteiger partial charge on any atom is 0.295 e. The van der Waals surface area contributed by atoms with Gasteiger partial charge in [-0.1, -0.05) is 18.2 Å². The van der Waals surface area contributed by atoms with Gasteiger partial charge in [0.25, 0.3) is 11.8 Å². The van der Waals surface area contributed by atoms with E-state index in [1.807, 2.05) is 42.5 Å². The fourth-order valence-corrected chi connectivity index (χ4v) is 4.65. The standard InChI is InChI=1S/C25H22N4O5/c1-32-10-9-29-23(30)22-21(17-6-2-3-7-20(17)34-22)33-14-25(29)24(31)27-13-16-12-18-15(5-4-8-26-18)11-19(16)28-25/h2-8,11-12,28H,9-10,13-14H2,1H3,(H,27,31). The number of fused-ring (bicyclic) bond motifs is 5. The van der Waals surface area contributed by atoms with Gasteiger partial charge in [-0.05, 0) is 35.9 Å². The second-order valence-electron chi connectivity index (χ2n) is 8.37. The zero-order valence-corrected chi connectivity index (χ0v) is 18.5. The van der Waals surface area contributed by atoms with E-state index in [2.05, 4.69) is 15.6 Å². The lowest BCUT2D eigenvalue weighted by molar-refractivity contribution is -0.132. The number of aromatic nitrogens is 1. The summed E-state index contributed by atoms with van der Waals surface area (Å²) in [5, 5.41) is 7.92. The van der Waals surface area contributed by atoms with Gasteiger partial charge < -0.3 is 24.5 Å². The van der Waals surface area contributed by atoms with Crippen LogP contribution >= 0.6 is 0 Å². The molecule has 4 heterocycles. The van der Waals surface area contributed by atoms with E-state index in [9.17, 15) is 9.59 Å². The SMILES string of the molecule is COCCN1C(=O)c2oc3ccccc3c2OCC12Nc1cc3cccnc3cc1CNC2=O. The van der Waals surface area contributed by atoms with E-state index in [4.69, 9.17) is 13.9 Å². The third-order valence-electron chi connectivity index (χ3n) is 6.38. The van der Waals surface area contributed by atoms with Crippen LogP contribution in [0.1, 0.15) is 16.1 Å². The van der Waals surface area contributed by atoms with Crippen LogP contribution in [0.3, 0.4) is 0 Å². The summed E-state index contributed by atoms with van der Waals surface area (Å²) in [6.45, 7) is 0.552. The van der Waals surface area contributed by atoms with E-state index in [0.29, 0.717) is 16.7 Å². The Morgan fingerprint density at radius 2 is 2.06 bits per heavy atom. The average molecular weight is 458 g/mol. The van der Waals surface area contributed by atoms with Crippen molar-refractivity contribution in [3.8, 4) is 5.75 Å². The molecule has 172 valence electrons. The van der Waals surface area contributed by atoms with Crippen LogP contribution in [0, 0.1) is 0 Å². The van der Waals surface area contributed by atoms with Gasteiger partial charge in [0, 0.05) is 37.5 Å². The zero-order chi connectivity index (χ0) is 23.3. The second kappa shape index (κ2) is 7.74. The van der Waals surface area contributed by atoms with Crippen LogP contribution in [0.2, 0.25) is 0 Å². The summed E-state index contributed by atoms with van der Waals surface area (Å²) in [4.78, 5) is 33.3. The Hall–Kier alpha value is -4.11. The molecule has 0 aliphatic carbocycles. The van der Waals surface area contributed by atoms with Crippen LogP contribution in [-0.2, 0) is 16.1 Å². The van der Waals surface area contributed by atoms with Gasteiger partial charge >= 0.3 is 0 Å². The van der Waals surface area contributed by atoms with E-state index >= 15 is 0 Å². The van der Waals surface area contributed by atoms with Crippen LogP contribution in [0.25, 0.3) is 21.9 Å². The lowest BCUT2D eigenvalue weighted by Gasteiger charge is -2.40. The number of benzene rings is 2. The van der Waals surface area contributed by atoms with Gasteiger partial charge in [-0.25, -0.2) is 0 Å². The first-order chi connectivity index (χ1) is 16.6. The Morgan fingerprint density at radius 1 is 1.18 bits per heavy atom. The number of carbonyl (C=O) groups is 2. The lowest BCUT2D eigenvalue weighted by Crippen LogP contribution is -2.67. The van der Waals surface area contributed by atoms with E-state index in [1.54, 1.807) is 19.4 Å². The minimum absolute atomic E-state index is 0.0657. The number of methoxy groups -OCH3 is 1. The molecule has 6 rings (SSSR count). The highest BCUT2D eigenvalue weighted by molar-refractivity contribution is 6.06. The highest BCUT2D eigenvalue weighted by atomic mass is 16.5. The molecule has 2 amide bonds. The van der Waals surface area contributed by atoms with Gasteiger partial charge in [0.1, 0.15) is 12.2 Å². The first-order valence-corrected chi connectivity index (χ1v) is 11.0. The normalized spacial score (nSPS) is 19.7. The summed E-state index contributed by atoms with van der Waals surface area (Å²) in [6, 6.07) is 15.0. The molecule has 0 fully saturated rings. The van der Waals surface area contributed by atoms with Crippen LogP contribution < -0.4 is 15.4 Å². The van der Waals surface area contributed by atoms with Crippen molar-refractivity contribution in [1.82, 2.24) is 15.2 Å². The van der Waals surface area contributed by atoms with Crippen LogP contribution in [0.5, 0.6) is 5.75 Å². The third-order valence-corrected chi connectivity index (χ3v) is 6.38. The molecule has 2 aromatic heterocycles. The second-order valence-corrected chi connectivity index (χ2v) is 8.37. The smallest absolute Gasteiger partial charge is 0.295 e. The minimum atomic E-state index is -1.51. The van der Waals surface area contributed by atoms with Crippen molar-refractivity contribution in [3.05, 3.63) is 66.1 Å². The molecular formula is C25H22N4O5. The fraction of sp³-hybridized carbons (Fsp3) is 0.240. The topological polar surface area (TPSA) is 106 Å². The summed E-state index contributed by atoms with van der Waals surface area (Å²) in [6.07, 6.45) is 1.73. The Kier molecular flexibility index (Phi) is 4.66. The molecule has 0 saturated carbocycles. The van der Waals surface area contributed by atoms with Gasteiger partial charge in [-0.2, -0.15) is 0 Å². The Labute approximate surface area is 194 Å². The van der Waals surface area contributed by atoms with Gasteiger partial charge in [0.2, 0.25) is 11.4 Å². The molecule has 9 heteroatoms. The highest BCUT2D eigenvalue weighted by Gasteiger charge is 2.52. The fourth-order valence-electron chi connectivity index (χ4n) is 4.65. The van der Waals surface area contributed by atoms with Gasteiger partial charge in [-0.15, -0.1) is 0 Å². The molecule has 2 aromatic carbocycles. The summed E-state index contributed by atoms with van der Waals surface area (Å²) >= 11 is 0. The van der Waals surface area contributed by atoms with E-state index in [0.717, 1.165) is 22.2 Å². The van der Waals surface area contributed by atoms with Crippen molar-refractivity contribution in [3.63, 3.8) is 0 Å². The molecule has 34 heavy (non-hydrogen) atoms. The molecule has 2 aliphatic heterocycles. The molecule has 1 atom stereocenters. The number of pyridine rings is 1. The summed E-state index contributed by atoms with van der Waals surface area (Å²) in [5.74, 6) is -0.424. The van der Waals surface area contributed by atoms with Crippen molar-refractivity contribution in [2.75, 3.05) is 32.2 Å². The summed E-state index contributed by atoms with van der Waals surface area (Å²) in [7, 11) is 1.55. The van der Waals surface area contributed by atoms with E-state index in [-0.39, 0.29) is 38.0 Å². The van der Waals surface area contributed by atoms with Crippen molar-refractivity contribution in [2.45, 2.75) is 12.2 Å². The van der Waals surface area contributed by atoms with E-state index < -0.39 is 11.6 Å². The Morgan fingerprint density at radius 3 is 2.94 bits per heavy atom. The first-order valence-electron chi connectivity index (χ1n) is 11.0. The number of nitrogens with one attached hydrogen (secondary N) is 2. The lowest BCUT2D eigenvalue weighted by atomic mass is 10.1. The number of carbonyl (C=O) groups excluding carboxylic acids is 2. The van der Waals surface area contributed by atoms with E-state index in [1.165, 1.54) is 4.90 Å². The molecule has 0 saturated heterocycles. The number of para-hydroxylation sites is 1. The zero-order valence-electron chi connectivity index (χ0n) is 18.5. The van der Waals surface area contributed by atoms with Crippen molar-refractivity contribution in [2.24, 2.45) is 0 Å². The molecule has 4 aromatic rings. The molecule has 9 nitrogen and oxygen atoms in total. The van der Waals surface area contributed by atoms with Gasteiger partial charge in [-0.3, -0.25) is 19.5 Å². The summed E-state index contributed by atoms with van der Waals surface area (Å²) in [5.41, 5.74) is 1.44. The summed E-state index contributed by atoms with van der Waals surface area (Å²) < 4.78 is 17.3. The molecule has 0 bridgehead atoms. The number of hydrogen-bond donors (Lipinski definition) is 2. The molecule has 1 unspecified atom stereocenters. The van der Waals surface area contributed by atoms with Gasteiger partial charge in [0.15, 0.2) is 5.75 Å². The average Bonchev–Trinajstić information content (AvgIpc) is 3.11. The molecule has 0 radical (unpaired) electrons.